The molecule has 3 aromatic rings. The van der Waals surface area contributed by atoms with Crippen LogP contribution in [0.25, 0.3) is 22.0 Å². The van der Waals surface area contributed by atoms with Crippen LogP contribution in [-0.4, -0.2) is 82.8 Å². The van der Waals surface area contributed by atoms with E-state index in [1.807, 2.05) is 17.0 Å². The zero-order chi connectivity index (χ0) is 30.9. The van der Waals surface area contributed by atoms with Gasteiger partial charge in [0.1, 0.15) is 24.4 Å². The van der Waals surface area contributed by atoms with Crippen molar-refractivity contribution in [3.8, 4) is 23.2 Å². The predicted molar refractivity (Wildman–Crippen MR) is 166 cm³/mol. The lowest BCUT2D eigenvalue weighted by Gasteiger charge is -2.41. The Morgan fingerprint density at radius 3 is 2.93 bits per heavy atom. The number of halogens is 2. The molecular weight excluding hydrogens is 574 g/mol. The van der Waals surface area contributed by atoms with Crippen molar-refractivity contribution in [2.45, 2.75) is 62.2 Å². The molecular formula is C35H36F2N6O2. The van der Waals surface area contributed by atoms with E-state index in [0.717, 1.165) is 31.4 Å². The molecule has 232 valence electrons. The maximum atomic E-state index is 16.1. The van der Waals surface area contributed by atoms with Crippen LogP contribution in [0, 0.1) is 23.1 Å². The molecule has 45 heavy (non-hydrogen) atoms. The van der Waals surface area contributed by atoms with Crippen LogP contribution in [-0.2, 0) is 11.2 Å². The van der Waals surface area contributed by atoms with Crippen molar-refractivity contribution in [2.24, 2.45) is 5.92 Å². The second-order valence-electron chi connectivity index (χ2n) is 13.4. The standard InChI is InChI=1S/C35H36F2N6O2/c1-2-32(44)43-12-11-41(19-23(43)7-9-38)33-29-15-30(37)28(25-6-3-5-24-26-13-21(26)14-27(24)25)16-31(29)39-34(40-33)45-20-35-8-4-10-42(35)18-22(36)17-35/h2-3,5-6,15-16,21-23,26H,1,4,7-8,10-14,17-20H2/t21-,22+,23-,26-,35-/m0/s1. The van der Waals surface area contributed by atoms with Crippen molar-refractivity contribution in [1.82, 2.24) is 19.8 Å². The third kappa shape index (κ3) is 4.75. The number of anilines is 1. The Hall–Kier alpha value is -4.10. The number of carbonyl (C=O) groups is 1. The summed E-state index contributed by atoms with van der Waals surface area (Å²) in [4.78, 5) is 28.0. The maximum absolute atomic E-state index is 16.1. The van der Waals surface area contributed by atoms with Crippen LogP contribution in [0.5, 0.6) is 6.01 Å². The van der Waals surface area contributed by atoms with Gasteiger partial charge in [-0.2, -0.15) is 15.2 Å². The largest absolute Gasteiger partial charge is 0.461 e. The van der Waals surface area contributed by atoms with Crippen LogP contribution < -0.4 is 9.64 Å². The molecule has 0 N–H and O–H groups in total. The first-order valence-electron chi connectivity index (χ1n) is 16.1. The second-order valence-corrected chi connectivity index (χ2v) is 13.4. The Labute approximate surface area is 261 Å². The fourth-order valence-electron chi connectivity index (χ4n) is 8.56. The van der Waals surface area contributed by atoms with E-state index in [-0.39, 0.29) is 42.3 Å². The number of aromatic nitrogens is 2. The normalized spacial score (nSPS) is 28.5. The Morgan fingerprint density at radius 1 is 1.20 bits per heavy atom. The van der Waals surface area contributed by atoms with E-state index in [4.69, 9.17) is 14.7 Å². The lowest BCUT2D eigenvalue weighted by atomic mass is 9.93. The first-order chi connectivity index (χ1) is 21.9. The van der Waals surface area contributed by atoms with Crippen LogP contribution in [0.1, 0.15) is 49.1 Å². The third-order valence-corrected chi connectivity index (χ3v) is 10.8. The van der Waals surface area contributed by atoms with Crippen LogP contribution >= 0.6 is 0 Å². The van der Waals surface area contributed by atoms with Gasteiger partial charge in [0.2, 0.25) is 5.91 Å². The van der Waals surface area contributed by atoms with Crippen LogP contribution in [0.15, 0.2) is 43.0 Å². The Bertz CT molecular complexity index is 1760. The van der Waals surface area contributed by atoms with E-state index in [1.54, 1.807) is 11.0 Å². The summed E-state index contributed by atoms with van der Waals surface area (Å²) in [5.74, 6) is 1.20. The average molecular weight is 611 g/mol. The van der Waals surface area contributed by atoms with E-state index in [0.29, 0.717) is 66.7 Å². The van der Waals surface area contributed by atoms with E-state index >= 15 is 4.39 Å². The number of piperazine rings is 1. The topological polar surface area (TPSA) is 85.6 Å². The predicted octanol–water partition coefficient (Wildman–Crippen LogP) is 5.17. The molecule has 0 spiro atoms. The zero-order valence-corrected chi connectivity index (χ0v) is 25.2. The Kier molecular flexibility index (Phi) is 6.79. The fourth-order valence-corrected chi connectivity index (χ4v) is 8.56. The van der Waals surface area contributed by atoms with Gasteiger partial charge < -0.3 is 14.5 Å². The van der Waals surface area contributed by atoms with Crippen molar-refractivity contribution < 1.29 is 18.3 Å². The van der Waals surface area contributed by atoms with Crippen molar-refractivity contribution in [3.63, 3.8) is 0 Å². The summed E-state index contributed by atoms with van der Waals surface area (Å²) < 4.78 is 36.9. The summed E-state index contributed by atoms with van der Waals surface area (Å²) >= 11 is 0. The smallest absolute Gasteiger partial charge is 0.319 e. The molecule has 3 saturated heterocycles. The Morgan fingerprint density at radius 2 is 2.09 bits per heavy atom. The quantitative estimate of drug-likeness (QED) is 0.342. The number of hydrogen-bond acceptors (Lipinski definition) is 7. The monoisotopic (exact) mass is 610 g/mol. The second kappa shape index (κ2) is 10.8. The van der Waals surface area contributed by atoms with Gasteiger partial charge in [-0.05, 0) is 79.0 Å². The molecule has 0 unspecified atom stereocenters. The van der Waals surface area contributed by atoms with Gasteiger partial charge in [0.05, 0.1) is 29.6 Å². The van der Waals surface area contributed by atoms with Gasteiger partial charge >= 0.3 is 6.01 Å². The van der Waals surface area contributed by atoms with E-state index in [9.17, 15) is 14.4 Å². The summed E-state index contributed by atoms with van der Waals surface area (Å²) in [7, 11) is 0. The lowest BCUT2D eigenvalue weighted by molar-refractivity contribution is -0.128. The minimum atomic E-state index is -0.877. The number of hydrogen-bond donors (Lipinski definition) is 0. The molecule has 2 aromatic carbocycles. The number of nitrogens with zero attached hydrogens (tertiary/aromatic N) is 6. The van der Waals surface area contributed by atoms with Gasteiger partial charge in [0.25, 0.3) is 0 Å². The number of rotatable bonds is 7. The van der Waals surface area contributed by atoms with E-state index in [2.05, 4.69) is 23.6 Å². The molecule has 10 heteroatoms. The van der Waals surface area contributed by atoms with Gasteiger partial charge in [-0.15, -0.1) is 0 Å². The number of nitriles is 1. The van der Waals surface area contributed by atoms with Crippen LogP contribution in [0.4, 0.5) is 14.6 Å². The molecule has 1 aromatic heterocycles. The summed E-state index contributed by atoms with van der Waals surface area (Å²) in [5, 5.41) is 10.1. The fraction of sp³-hybridized carbons (Fsp3) is 0.486. The van der Waals surface area contributed by atoms with E-state index in [1.165, 1.54) is 29.7 Å². The first kappa shape index (κ1) is 28.4. The molecule has 4 fully saturated rings. The third-order valence-electron chi connectivity index (χ3n) is 10.8. The van der Waals surface area contributed by atoms with Crippen molar-refractivity contribution in [1.29, 1.82) is 5.26 Å². The van der Waals surface area contributed by atoms with Gasteiger partial charge in [0, 0.05) is 43.5 Å². The lowest BCUT2D eigenvalue weighted by Crippen LogP contribution is -2.55. The molecule has 0 radical (unpaired) electrons. The summed E-state index contributed by atoms with van der Waals surface area (Å²) in [6.45, 7) is 6.33. The van der Waals surface area contributed by atoms with E-state index < -0.39 is 6.17 Å². The number of alkyl halides is 1. The van der Waals surface area contributed by atoms with Gasteiger partial charge in [-0.3, -0.25) is 9.69 Å². The summed E-state index contributed by atoms with van der Waals surface area (Å²) in [6, 6.07) is 11.5. The number of amides is 1. The molecule has 2 aliphatic carbocycles. The number of ether oxygens (including phenoxy) is 1. The highest BCUT2D eigenvalue weighted by molar-refractivity contribution is 5.94. The van der Waals surface area contributed by atoms with Crippen molar-refractivity contribution >= 4 is 22.6 Å². The SMILES string of the molecule is C=CC(=O)N1CCN(c2nc(OC[C@@]34CCCN3C[C@H](F)C4)nc3cc(-c4cccc5c4C[C@@H]4C[C@H]54)c(F)cc23)C[C@@H]1CC#N. The Balaban J connectivity index is 1.19. The summed E-state index contributed by atoms with van der Waals surface area (Å²) in [6.07, 6.45) is 5.01. The number of carbonyl (C=O) groups excluding carboxylic acids is 1. The first-order valence-corrected chi connectivity index (χ1v) is 16.1. The number of fused-ring (bicyclic) bond motifs is 5. The number of benzene rings is 2. The molecule has 5 atom stereocenters. The molecule has 3 aliphatic heterocycles. The van der Waals surface area contributed by atoms with Crippen molar-refractivity contribution in [2.75, 3.05) is 44.2 Å². The highest BCUT2D eigenvalue weighted by atomic mass is 19.1. The highest BCUT2D eigenvalue weighted by Crippen LogP contribution is 2.58. The molecule has 1 amide bonds. The maximum Gasteiger partial charge on any atom is 0.319 e. The van der Waals surface area contributed by atoms with Gasteiger partial charge in [-0.25, -0.2) is 8.78 Å². The minimum Gasteiger partial charge on any atom is -0.461 e. The summed E-state index contributed by atoms with van der Waals surface area (Å²) in [5.41, 5.74) is 4.18. The molecule has 4 heterocycles. The molecule has 1 saturated carbocycles. The highest BCUT2D eigenvalue weighted by Gasteiger charge is 2.49. The van der Waals surface area contributed by atoms with Crippen LogP contribution in [0.3, 0.4) is 0 Å². The van der Waals surface area contributed by atoms with Crippen LogP contribution in [0.2, 0.25) is 0 Å². The minimum absolute atomic E-state index is 0.144. The molecule has 5 aliphatic rings. The average Bonchev–Trinajstić information content (AvgIpc) is 3.38. The zero-order valence-electron chi connectivity index (χ0n) is 25.2. The van der Waals surface area contributed by atoms with Crippen molar-refractivity contribution in [3.05, 3.63) is 59.9 Å². The molecule has 8 nitrogen and oxygen atoms in total. The van der Waals surface area contributed by atoms with Gasteiger partial charge in [-0.1, -0.05) is 24.8 Å². The molecule has 0 bridgehead atoms. The molecule has 8 rings (SSSR count). The van der Waals surface area contributed by atoms with Gasteiger partial charge in [0.15, 0.2) is 0 Å².